The van der Waals surface area contributed by atoms with Crippen LogP contribution in [0, 0.1) is 0 Å². The molecule has 4 N–H and O–H groups in total. The molecule has 0 aliphatic rings. The van der Waals surface area contributed by atoms with Gasteiger partial charge in [-0.2, -0.15) is 0 Å². The molecule has 0 amide bonds. The van der Waals surface area contributed by atoms with E-state index < -0.39 is 0 Å². The molecule has 0 aliphatic heterocycles. The maximum absolute atomic E-state index is 9.92. The van der Waals surface area contributed by atoms with Gasteiger partial charge in [-0.1, -0.05) is 77.8 Å². The van der Waals surface area contributed by atoms with E-state index in [0.29, 0.717) is 34.6 Å². The van der Waals surface area contributed by atoms with Gasteiger partial charge in [0.1, 0.15) is 0 Å². The Labute approximate surface area is 293 Å². The molecule has 0 saturated heterocycles. The molecule has 5 rings (SSSR count). The summed E-state index contributed by atoms with van der Waals surface area (Å²) in [5.41, 5.74) is 6.33. The van der Waals surface area contributed by atoms with Crippen molar-refractivity contribution >= 4 is 34.0 Å². The summed E-state index contributed by atoms with van der Waals surface area (Å²) in [6.07, 6.45) is 3.53. The maximum atomic E-state index is 9.92. The zero-order valence-corrected chi connectivity index (χ0v) is 29.5. The molecule has 0 radical (unpaired) electrons. The first kappa shape index (κ1) is 35.4. The van der Waals surface area contributed by atoms with Crippen LogP contribution in [-0.4, -0.2) is 36.5 Å². The van der Waals surface area contributed by atoms with Gasteiger partial charge in [0.2, 0.25) is 0 Å². The van der Waals surface area contributed by atoms with Crippen LogP contribution in [0.4, 0.5) is 0 Å². The quantitative estimate of drug-likeness (QED) is 0.0878. The summed E-state index contributed by atoms with van der Waals surface area (Å²) in [5, 5.41) is 30.8. The van der Waals surface area contributed by atoms with Gasteiger partial charge in [0.25, 0.3) is 0 Å². The molecule has 6 nitrogen and oxygen atoms in total. The first-order valence-electron chi connectivity index (χ1n) is 16.3. The first-order chi connectivity index (χ1) is 23.2. The lowest BCUT2D eigenvalue weighted by Gasteiger charge is -2.19. The van der Waals surface area contributed by atoms with Gasteiger partial charge in [0.05, 0.1) is 19.2 Å². The third-order valence-corrected chi connectivity index (χ3v) is 9.74. The number of fused-ring (bicyclic) bond motifs is 1. The second-order valence-corrected chi connectivity index (χ2v) is 13.1. The number of phenols is 2. The second-order valence-electron chi connectivity index (χ2n) is 12.4. The first-order valence-corrected chi connectivity index (χ1v) is 17.1. The molecule has 0 aliphatic carbocycles. The average molecular weight is 688 g/mol. The Hall–Kier alpha value is -3.94. The van der Waals surface area contributed by atoms with E-state index in [1.54, 1.807) is 26.4 Å². The molecule has 2 unspecified atom stereocenters. The smallest absolute Gasteiger partial charge is 0.160 e. The Kier molecular flexibility index (Phi) is 12.1. The van der Waals surface area contributed by atoms with Crippen molar-refractivity contribution in [3.63, 3.8) is 0 Å². The predicted molar refractivity (Wildman–Crippen MR) is 198 cm³/mol. The minimum atomic E-state index is 0.143. The second kappa shape index (κ2) is 16.4. The zero-order valence-electron chi connectivity index (χ0n) is 27.9. The van der Waals surface area contributed by atoms with E-state index in [4.69, 9.17) is 32.7 Å². The monoisotopic (exact) mass is 686 g/mol. The molecule has 48 heavy (non-hydrogen) atoms. The summed E-state index contributed by atoms with van der Waals surface area (Å²) in [5.74, 6) is 1.28. The molecule has 0 fully saturated rings. The summed E-state index contributed by atoms with van der Waals surface area (Å²) < 4.78 is 10.5. The molecule has 0 bridgehead atoms. The van der Waals surface area contributed by atoms with Crippen LogP contribution in [0.3, 0.4) is 0 Å². The molecule has 5 aromatic carbocycles. The molecule has 0 spiro atoms. The summed E-state index contributed by atoms with van der Waals surface area (Å²) in [7, 11) is 3.12. The van der Waals surface area contributed by atoms with Crippen molar-refractivity contribution in [3.8, 4) is 34.1 Å². The van der Waals surface area contributed by atoms with Crippen LogP contribution >= 0.6 is 23.2 Å². The van der Waals surface area contributed by atoms with E-state index >= 15 is 0 Å². The molecule has 0 heterocycles. The Morgan fingerprint density at radius 1 is 0.667 bits per heavy atom. The standard InChI is InChI=1S/C40H44Cl2N2O4/c1-25(11-13-27-15-19-35(45)37(21-27)47-3)43-23-30-9-5-7-29-8-6-10-31(39(29)30)32-17-18-34(41)33(40(32)42)24-44-26(2)12-14-28-16-20-36(46)38(22-28)48-4/h5-10,15-22,25-26,43-46H,11-14,23-24H2,1-4H3. The van der Waals surface area contributed by atoms with E-state index in [-0.39, 0.29) is 23.6 Å². The Morgan fingerprint density at radius 3 is 1.81 bits per heavy atom. The number of phenolic OH excluding ortho intramolecular Hbond substituents is 2. The number of nitrogens with one attached hydrogen (secondary N) is 2. The van der Waals surface area contributed by atoms with Crippen LogP contribution < -0.4 is 20.1 Å². The van der Waals surface area contributed by atoms with Crippen molar-refractivity contribution in [2.75, 3.05) is 14.2 Å². The number of aryl methyl sites for hydroxylation is 2. The van der Waals surface area contributed by atoms with Crippen LogP contribution in [0.15, 0.2) is 84.9 Å². The predicted octanol–water partition coefficient (Wildman–Crippen LogP) is 9.46. The Bertz CT molecular complexity index is 1860. The number of hydrogen-bond acceptors (Lipinski definition) is 6. The Balaban J connectivity index is 1.29. The zero-order chi connectivity index (χ0) is 34.2. The van der Waals surface area contributed by atoms with Crippen molar-refractivity contribution in [2.45, 2.75) is 64.7 Å². The van der Waals surface area contributed by atoms with Crippen LogP contribution in [0.5, 0.6) is 23.0 Å². The number of hydrogen-bond donors (Lipinski definition) is 4. The SMILES string of the molecule is COc1cc(CCC(C)NCc2c(Cl)ccc(-c3cccc4cccc(CNC(C)CCc5ccc(O)c(OC)c5)c34)c2Cl)ccc1O. The lowest BCUT2D eigenvalue weighted by Crippen LogP contribution is -2.26. The van der Waals surface area contributed by atoms with Gasteiger partial charge in [-0.25, -0.2) is 0 Å². The van der Waals surface area contributed by atoms with Crippen molar-refractivity contribution in [1.82, 2.24) is 10.6 Å². The number of rotatable bonds is 15. The van der Waals surface area contributed by atoms with Gasteiger partial charge in [-0.05, 0) is 103 Å². The molecule has 252 valence electrons. The van der Waals surface area contributed by atoms with Crippen molar-refractivity contribution in [2.24, 2.45) is 0 Å². The topological polar surface area (TPSA) is 83.0 Å². The fourth-order valence-corrected chi connectivity index (χ4v) is 6.65. The molecule has 0 saturated carbocycles. The molecular formula is C40H44Cl2N2O4. The summed E-state index contributed by atoms with van der Waals surface area (Å²) in [4.78, 5) is 0. The summed E-state index contributed by atoms with van der Waals surface area (Å²) in [6, 6.07) is 28.2. The van der Waals surface area contributed by atoms with Gasteiger partial charge in [0.15, 0.2) is 23.0 Å². The van der Waals surface area contributed by atoms with Crippen LogP contribution in [0.2, 0.25) is 10.0 Å². The third-order valence-electron chi connectivity index (χ3n) is 8.96. The van der Waals surface area contributed by atoms with E-state index in [0.717, 1.165) is 58.9 Å². The Morgan fingerprint density at radius 2 is 1.23 bits per heavy atom. The largest absolute Gasteiger partial charge is 0.504 e. The van der Waals surface area contributed by atoms with E-state index in [2.05, 4.69) is 60.9 Å². The number of halogens is 2. The van der Waals surface area contributed by atoms with Crippen LogP contribution in [0.1, 0.15) is 48.9 Å². The highest BCUT2D eigenvalue weighted by Crippen LogP contribution is 2.39. The molecular weight excluding hydrogens is 643 g/mol. The van der Waals surface area contributed by atoms with Gasteiger partial charge in [-0.15, -0.1) is 0 Å². The van der Waals surface area contributed by atoms with Gasteiger partial charge in [-0.3, -0.25) is 0 Å². The normalized spacial score (nSPS) is 12.6. The molecule has 0 aromatic heterocycles. The van der Waals surface area contributed by atoms with E-state index in [1.807, 2.05) is 36.4 Å². The summed E-state index contributed by atoms with van der Waals surface area (Å²) >= 11 is 13.9. The van der Waals surface area contributed by atoms with Crippen LogP contribution in [0.25, 0.3) is 21.9 Å². The van der Waals surface area contributed by atoms with Gasteiger partial charge >= 0.3 is 0 Å². The van der Waals surface area contributed by atoms with E-state index in [1.165, 1.54) is 10.9 Å². The number of benzene rings is 5. The average Bonchev–Trinajstić information content (AvgIpc) is 3.09. The minimum absolute atomic E-state index is 0.143. The molecule has 5 aromatic rings. The fourth-order valence-electron chi connectivity index (χ4n) is 6.04. The van der Waals surface area contributed by atoms with Gasteiger partial charge in [0, 0.05) is 41.3 Å². The lowest BCUT2D eigenvalue weighted by molar-refractivity contribution is 0.372. The third kappa shape index (κ3) is 8.55. The van der Waals surface area contributed by atoms with Gasteiger partial charge < -0.3 is 30.3 Å². The summed E-state index contributed by atoms with van der Waals surface area (Å²) in [6.45, 7) is 5.59. The minimum Gasteiger partial charge on any atom is -0.504 e. The highest BCUT2D eigenvalue weighted by atomic mass is 35.5. The number of ether oxygens (including phenoxy) is 2. The van der Waals surface area contributed by atoms with E-state index in [9.17, 15) is 10.2 Å². The molecule has 8 heteroatoms. The lowest BCUT2D eigenvalue weighted by atomic mass is 9.93. The van der Waals surface area contributed by atoms with Crippen molar-refractivity contribution < 1.29 is 19.7 Å². The molecule has 2 atom stereocenters. The fraction of sp³-hybridized carbons (Fsp3) is 0.300. The number of aromatic hydroxyl groups is 2. The van der Waals surface area contributed by atoms with Crippen molar-refractivity contribution in [1.29, 1.82) is 0 Å². The highest BCUT2D eigenvalue weighted by molar-refractivity contribution is 6.38. The highest BCUT2D eigenvalue weighted by Gasteiger charge is 2.17. The maximum Gasteiger partial charge on any atom is 0.160 e. The number of methoxy groups -OCH3 is 2. The van der Waals surface area contributed by atoms with Crippen LogP contribution in [-0.2, 0) is 25.9 Å². The van der Waals surface area contributed by atoms with Crippen molar-refractivity contribution in [3.05, 3.63) is 117 Å².